The number of hydrogen-bond donors (Lipinski definition) is 0. The molecule has 1 atom stereocenters. The monoisotopic (exact) mass is 152 g/mol. The van der Waals surface area contributed by atoms with Gasteiger partial charge in [0, 0.05) is 5.41 Å². The number of allylic oxidation sites excluding steroid dienone is 1. The van der Waals surface area contributed by atoms with Crippen LogP contribution in [0.4, 0.5) is 0 Å². The van der Waals surface area contributed by atoms with Crippen LogP contribution in [0.3, 0.4) is 0 Å². The molecule has 0 aromatic heterocycles. The summed E-state index contributed by atoms with van der Waals surface area (Å²) in [6.07, 6.45) is 4.83. The van der Waals surface area contributed by atoms with Gasteiger partial charge in [-0.1, -0.05) is 19.9 Å². The van der Waals surface area contributed by atoms with Gasteiger partial charge >= 0.3 is 0 Å². The molecule has 1 saturated heterocycles. The van der Waals surface area contributed by atoms with Crippen molar-refractivity contribution in [3.63, 3.8) is 0 Å². The SMILES string of the molecule is CC1=CCCC(C)(C)C12CO2. The highest BCUT2D eigenvalue weighted by molar-refractivity contribution is 5.29. The highest BCUT2D eigenvalue weighted by Crippen LogP contribution is 2.54. The molecule has 0 bridgehead atoms. The lowest BCUT2D eigenvalue weighted by Crippen LogP contribution is -2.36. The molecule has 1 aliphatic carbocycles. The minimum Gasteiger partial charge on any atom is -0.364 e. The second kappa shape index (κ2) is 1.89. The Kier molecular flexibility index (Phi) is 1.26. The van der Waals surface area contributed by atoms with Gasteiger partial charge in [-0.3, -0.25) is 0 Å². The molecule has 1 heteroatoms. The Morgan fingerprint density at radius 1 is 1.45 bits per heavy atom. The van der Waals surface area contributed by atoms with E-state index < -0.39 is 0 Å². The van der Waals surface area contributed by atoms with Gasteiger partial charge in [-0.25, -0.2) is 0 Å². The summed E-state index contributed by atoms with van der Waals surface area (Å²) in [5, 5.41) is 0. The van der Waals surface area contributed by atoms with Gasteiger partial charge in [-0.2, -0.15) is 0 Å². The van der Waals surface area contributed by atoms with Gasteiger partial charge < -0.3 is 4.74 Å². The van der Waals surface area contributed by atoms with Gasteiger partial charge in [0.2, 0.25) is 0 Å². The molecule has 2 rings (SSSR count). The van der Waals surface area contributed by atoms with Crippen LogP contribution in [0.2, 0.25) is 0 Å². The number of rotatable bonds is 0. The summed E-state index contributed by atoms with van der Waals surface area (Å²) in [7, 11) is 0. The summed E-state index contributed by atoms with van der Waals surface area (Å²) >= 11 is 0. The van der Waals surface area contributed by atoms with Crippen LogP contribution in [-0.2, 0) is 4.74 Å². The van der Waals surface area contributed by atoms with Crippen LogP contribution < -0.4 is 0 Å². The third-order valence-electron chi connectivity index (χ3n) is 3.38. The molecular weight excluding hydrogens is 136 g/mol. The fourth-order valence-corrected chi connectivity index (χ4v) is 2.24. The average molecular weight is 152 g/mol. The topological polar surface area (TPSA) is 12.5 Å². The van der Waals surface area contributed by atoms with Crippen LogP contribution in [0.15, 0.2) is 11.6 Å². The third kappa shape index (κ3) is 0.807. The summed E-state index contributed by atoms with van der Waals surface area (Å²) in [6.45, 7) is 7.78. The molecule has 0 N–H and O–H groups in total. The Balaban J connectivity index is 2.36. The second-order valence-corrected chi connectivity index (χ2v) is 4.43. The molecule has 62 valence electrons. The van der Waals surface area contributed by atoms with Crippen molar-refractivity contribution in [2.24, 2.45) is 5.41 Å². The van der Waals surface area contributed by atoms with Crippen molar-refractivity contribution < 1.29 is 4.74 Å². The van der Waals surface area contributed by atoms with Crippen LogP contribution >= 0.6 is 0 Å². The standard InChI is InChI=1S/C10H16O/c1-8-5-4-6-9(2,3)10(8)7-11-10/h5H,4,6-7H2,1-3H3. The predicted octanol–water partition coefficient (Wildman–Crippen LogP) is 2.52. The Labute approximate surface area is 68.4 Å². The van der Waals surface area contributed by atoms with Gasteiger partial charge in [0.25, 0.3) is 0 Å². The van der Waals surface area contributed by atoms with E-state index in [1.165, 1.54) is 18.4 Å². The smallest absolute Gasteiger partial charge is 0.117 e. The normalized spacial score (nSPS) is 40.5. The first kappa shape index (κ1) is 7.35. The molecule has 1 spiro atoms. The fourth-order valence-electron chi connectivity index (χ4n) is 2.24. The van der Waals surface area contributed by atoms with Crippen LogP contribution in [0.1, 0.15) is 33.6 Å². The summed E-state index contributed by atoms with van der Waals surface area (Å²) in [5.41, 5.74) is 1.96. The van der Waals surface area contributed by atoms with Crippen molar-refractivity contribution in [1.82, 2.24) is 0 Å². The quantitative estimate of drug-likeness (QED) is 0.384. The van der Waals surface area contributed by atoms with Crippen molar-refractivity contribution in [3.05, 3.63) is 11.6 Å². The van der Waals surface area contributed by atoms with E-state index in [0.717, 1.165) is 6.61 Å². The molecule has 0 radical (unpaired) electrons. The molecule has 0 amide bonds. The average Bonchev–Trinajstić information content (AvgIpc) is 2.63. The van der Waals surface area contributed by atoms with E-state index in [1.54, 1.807) is 0 Å². The highest BCUT2D eigenvalue weighted by Gasteiger charge is 2.58. The van der Waals surface area contributed by atoms with Gasteiger partial charge in [-0.15, -0.1) is 0 Å². The molecule has 0 aromatic rings. The summed E-state index contributed by atoms with van der Waals surface area (Å²) in [5.74, 6) is 0. The van der Waals surface area contributed by atoms with E-state index in [2.05, 4.69) is 26.8 Å². The Morgan fingerprint density at radius 2 is 2.09 bits per heavy atom. The van der Waals surface area contributed by atoms with E-state index in [0.29, 0.717) is 5.41 Å². The number of ether oxygens (including phenoxy) is 1. The van der Waals surface area contributed by atoms with Crippen molar-refractivity contribution in [1.29, 1.82) is 0 Å². The molecule has 2 aliphatic rings. The Hall–Kier alpha value is -0.300. The van der Waals surface area contributed by atoms with E-state index in [1.807, 2.05) is 0 Å². The summed E-state index contributed by atoms with van der Waals surface area (Å²) < 4.78 is 5.60. The minimum absolute atomic E-state index is 0.144. The lowest BCUT2D eigenvalue weighted by molar-refractivity contribution is 0.148. The zero-order chi connectivity index (χ0) is 8.11. The van der Waals surface area contributed by atoms with Crippen LogP contribution in [-0.4, -0.2) is 12.2 Å². The number of epoxide rings is 1. The molecule has 1 heterocycles. The molecule has 11 heavy (non-hydrogen) atoms. The van der Waals surface area contributed by atoms with Gasteiger partial charge in [-0.05, 0) is 25.3 Å². The number of hydrogen-bond acceptors (Lipinski definition) is 1. The largest absolute Gasteiger partial charge is 0.364 e. The molecule has 1 aliphatic heterocycles. The molecular formula is C10H16O. The lowest BCUT2D eigenvalue weighted by Gasteiger charge is -2.35. The minimum atomic E-state index is 0.144. The maximum Gasteiger partial charge on any atom is 0.117 e. The van der Waals surface area contributed by atoms with Crippen LogP contribution in [0, 0.1) is 5.41 Å². The van der Waals surface area contributed by atoms with Crippen molar-refractivity contribution in [2.75, 3.05) is 6.61 Å². The summed E-state index contributed by atoms with van der Waals surface area (Å²) in [6, 6.07) is 0. The Bertz CT molecular complexity index is 209. The third-order valence-corrected chi connectivity index (χ3v) is 3.38. The molecule has 0 saturated carbocycles. The van der Waals surface area contributed by atoms with Crippen molar-refractivity contribution in [2.45, 2.75) is 39.2 Å². The second-order valence-electron chi connectivity index (χ2n) is 4.43. The maximum absolute atomic E-state index is 5.60. The molecule has 1 nitrogen and oxygen atoms in total. The van der Waals surface area contributed by atoms with Crippen molar-refractivity contribution in [3.8, 4) is 0 Å². The highest BCUT2D eigenvalue weighted by atomic mass is 16.6. The zero-order valence-electron chi connectivity index (χ0n) is 7.61. The van der Waals surface area contributed by atoms with Crippen molar-refractivity contribution >= 4 is 0 Å². The summed E-state index contributed by atoms with van der Waals surface area (Å²) in [4.78, 5) is 0. The fraction of sp³-hybridized carbons (Fsp3) is 0.800. The molecule has 1 fully saturated rings. The first-order chi connectivity index (χ1) is 5.08. The van der Waals surface area contributed by atoms with E-state index in [4.69, 9.17) is 4.74 Å². The molecule has 1 unspecified atom stereocenters. The van der Waals surface area contributed by atoms with Gasteiger partial charge in [0.1, 0.15) is 5.60 Å². The first-order valence-corrected chi connectivity index (χ1v) is 4.40. The predicted molar refractivity (Wildman–Crippen MR) is 45.5 cm³/mol. The van der Waals surface area contributed by atoms with Gasteiger partial charge in [0.15, 0.2) is 0 Å². The Morgan fingerprint density at radius 3 is 2.45 bits per heavy atom. The zero-order valence-corrected chi connectivity index (χ0v) is 7.61. The van der Waals surface area contributed by atoms with Crippen LogP contribution in [0.25, 0.3) is 0 Å². The van der Waals surface area contributed by atoms with E-state index in [-0.39, 0.29) is 5.60 Å². The van der Waals surface area contributed by atoms with Gasteiger partial charge in [0.05, 0.1) is 6.61 Å². The molecule has 0 aromatic carbocycles. The maximum atomic E-state index is 5.60. The van der Waals surface area contributed by atoms with E-state index in [9.17, 15) is 0 Å². The van der Waals surface area contributed by atoms with Crippen LogP contribution in [0.5, 0.6) is 0 Å². The lowest BCUT2D eigenvalue weighted by atomic mass is 9.68. The van der Waals surface area contributed by atoms with E-state index >= 15 is 0 Å². The first-order valence-electron chi connectivity index (χ1n) is 4.40.